The van der Waals surface area contributed by atoms with Crippen LogP contribution in [0, 0.1) is 0 Å². The van der Waals surface area contributed by atoms with Gasteiger partial charge in [-0.3, -0.25) is 10.1 Å². The Bertz CT molecular complexity index is 317. The Hall–Kier alpha value is -0.610. The summed E-state index contributed by atoms with van der Waals surface area (Å²) in [5, 5.41) is 12.8. The molecule has 2 saturated carbocycles. The number of carboxylic acids is 1. The van der Waals surface area contributed by atoms with E-state index >= 15 is 0 Å². The summed E-state index contributed by atoms with van der Waals surface area (Å²) in [6.45, 7) is 3.00. The maximum absolute atomic E-state index is 11.6. The van der Waals surface area contributed by atoms with E-state index in [-0.39, 0.29) is 6.10 Å². The van der Waals surface area contributed by atoms with Gasteiger partial charge in [-0.2, -0.15) is 0 Å². The van der Waals surface area contributed by atoms with Gasteiger partial charge in [0.25, 0.3) is 0 Å². The summed E-state index contributed by atoms with van der Waals surface area (Å²) in [6, 6.07) is 0.430. The van der Waals surface area contributed by atoms with Crippen LogP contribution in [-0.4, -0.2) is 35.4 Å². The van der Waals surface area contributed by atoms with Gasteiger partial charge in [-0.1, -0.05) is 32.6 Å². The standard InChI is InChI=1S/C16H29NO3/c1-2-3-4-5-6-11-20-14-9-10-16(12-14,15(18)19)17-13-7-8-13/h13-14,17H,2-12H2,1H3,(H,18,19). The molecule has 2 aliphatic carbocycles. The van der Waals surface area contributed by atoms with Gasteiger partial charge in [0, 0.05) is 19.1 Å². The average Bonchev–Trinajstić information content (AvgIpc) is 3.13. The van der Waals surface area contributed by atoms with Crippen molar-refractivity contribution < 1.29 is 14.6 Å². The average molecular weight is 283 g/mol. The Balaban J connectivity index is 1.66. The van der Waals surface area contributed by atoms with Crippen LogP contribution in [0.4, 0.5) is 0 Å². The maximum Gasteiger partial charge on any atom is 0.324 e. The van der Waals surface area contributed by atoms with E-state index in [4.69, 9.17) is 4.74 Å². The first-order valence-electron chi connectivity index (χ1n) is 8.29. The molecule has 0 aromatic heterocycles. The highest BCUT2D eigenvalue weighted by atomic mass is 16.5. The van der Waals surface area contributed by atoms with Crippen molar-refractivity contribution in [1.29, 1.82) is 0 Å². The summed E-state index contributed by atoms with van der Waals surface area (Å²) < 4.78 is 5.89. The lowest BCUT2D eigenvalue weighted by Crippen LogP contribution is -2.51. The summed E-state index contributed by atoms with van der Waals surface area (Å²) in [5.41, 5.74) is -0.714. The highest BCUT2D eigenvalue weighted by Gasteiger charge is 2.48. The fraction of sp³-hybridized carbons (Fsp3) is 0.938. The van der Waals surface area contributed by atoms with Crippen molar-refractivity contribution in [3.8, 4) is 0 Å². The summed E-state index contributed by atoms with van der Waals surface area (Å²) >= 11 is 0. The molecule has 0 spiro atoms. The third kappa shape index (κ3) is 4.45. The Labute approximate surface area is 122 Å². The van der Waals surface area contributed by atoms with E-state index in [0.29, 0.717) is 18.9 Å². The van der Waals surface area contributed by atoms with Crippen molar-refractivity contribution >= 4 is 5.97 Å². The second-order valence-electron chi connectivity index (χ2n) is 6.46. The zero-order chi connectivity index (χ0) is 14.4. The Kier molecular flexibility index (Phi) is 5.85. The summed E-state index contributed by atoms with van der Waals surface area (Å²) in [6.07, 6.45) is 10.8. The SMILES string of the molecule is CCCCCCCOC1CCC(NC2CC2)(C(=O)O)C1. The topological polar surface area (TPSA) is 58.6 Å². The molecular weight excluding hydrogens is 254 g/mol. The normalized spacial score (nSPS) is 29.8. The van der Waals surface area contributed by atoms with Crippen LogP contribution in [0.2, 0.25) is 0 Å². The molecule has 0 aliphatic heterocycles. The molecule has 0 saturated heterocycles. The first-order valence-corrected chi connectivity index (χ1v) is 8.29. The molecule has 2 N–H and O–H groups in total. The molecule has 2 unspecified atom stereocenters. The van der Waals surface area contributed by atoms with Crippen molar-refractivity contribution in [2.24, 2.45) is 0 Å². The summed E-state index contributed by atoms with van der Waals surface area (Å²) in [7, 11) is 0. The van der Waals surface area contributed by atoms with Crippen LogP contribution >= 0.6 is 0 Å². The van der Waals surface area contributed by atoms with E-state index < -0.39 is 11.5 Å². The molecule has 0 amide bonds. The van der Waals surface area contributed by atoms with Crippen LogP contribution in [0.3, 0.4) is 0 Å². The molecule has 4 nitrogen and oxygen atoms in total. The van der Waals surface area contributed by atoms with Crippen molar-refractivity contribution in [3.63, 3.8) is 0 Å². The number of rotatable bonds is 10. The molecule has 4 heteroatoms. The molecule has 20 heavy (non-hydrogen) atoms. The molecular formula is C16H29NO3. The van der Waals surface area contributed by atoms with Gasteiger partial charge in [-0.15, -0.1) is 0 Å². The van der Waals surface area contributed by atoms with Crippen LogP contribution in [0.25, 0.3) is 0 Å². The van der Waals surface area contributed by atoms with Gasteiger partial charge in [0.2, 0.25) is 0 Å². The zero-order valence-electron chi connectivity index (χ0n) is 12.7. The van der Waals surface area contributed by atoms with Gasteiger partial charge >= 0.3 is 5.97 Å². The molecule has 0 aromatic carbocycles. The lowest BCUT2D eigenvalue weighted by molar-refractivity contribution is -0.145. The fourth-order valence-corrected chi connectivity index (χ4v) is 3.10. The van der Waals surface area contributed by atoms with Gasteiger partial charge in [0.05, 0.1) is 6.10 Å². The maximum atomic E-state index is 11.6. The Morgan fingerprint density at radius 1 is 1.25 bits per heavy atom. The van der Waals surface area contributed by atoms with Crippen LogP contribution < -0.4 is 5.32 Å². The Morgan fingerprint density at radius 2 is 2.00 bits per heavy atom. The number of carboxylic acid groups (broad SMARTS) is 1. The number of carbonyl (C=O) groups is 1. The summed E-state index contributed by atoms with van der Waals surface area (Å²) in [5.74, 6) is -0.696. The van der Waals surface area contributed by atoms with Gasteiger partial charge < -0.3 is 9.84 Å². The number of hydrogen-bond donors (Lipinski definition) is 2. The van der Waals surface area contributed by atoms with Crippen molar-refractivity contribution in [2.75, 3.05) is 6.61 Å². The van der Waals surface area contributed by atoms with Crippen LogP contribution in [0.5, 0.6) is 0 Å². The van der Waals surface area contributed by atoms with Gasteiger partial charge in [0.15, 0.2) is 0 Å². The lowest BCUT2D eigenvalue weighted by atomic mass is 9.97. The van der Waals surface area contributed by atoms with E-state index in [0.717, 1.165) is 32.3 Å². The van der Waals surface area contributed by atoms with E-state index in [1.165, 1.54) is 25.7 Å². The number of aliphatic carboxylic acids is 1. The second-order valence-corrected chi connectivity index (χ2v) is 6.46. The minimum Gasteiger partial charge on any atom is -0.480 e. The third-order valence-electron chi connectivity index (χ3n) is 4.54. The first-order chi connectivity index (χ1) is 9.66. The van der Waals surface area contributed by atoms with E-state index in [1.54, 1.807) is 0 Å². The van der Waals surface area contributed by atoms with Crippen LogP contribution in [-0.2, 0) is 9.53 Å². The highest BCUT2D eigenvalue weighted by Crippen LogP contribution is 2.35. The molecule has 0 radical (unpaired) electrons. The van der Waals surface area contributed by atoms with Crippen LogP contribution in [0.1, 0.15) is 71.1 Å². The van der Waals surface area contributed by atoms with Crippen molar-refractivity contribution in [1.82, 2.24) is 5.32 Å². The largest absolute Gasteiger partial charge is 0.480 e. The highest BCUT2D eigenvalue weighted by molar-refractivity contribution is 5.79. The van der Waals surface area contributed by atoms with Gasteiger partial charge in [-0.25, -0.2) is 0 Å². The van der Waals surface area contributed by atoms with E-state index in [9.17, 15) is 9.90 Å². The zero-order valence-corrected chi connectivity index (χ0v) is 12.7. The number of nitrogens with one attached hydrogen (secondary N) is 1. The van der Waals surface area contributed by atoms with Crippen molar-refractivity contribution in [2.45, 2.75) is 88.8 Å². The Morgan fingerprint density at radius 3 is 2.65 bits per heavy atom. The number of hydrogen-bond acceptors (Lipinski definition) is 3. The molecule has 2 aliphatic rings. The molecule has 0 bridgehead atoms. The second kappa shape index (κ2) is 7.41. The first kappa shape index (κ1) is 15.8. The quantitative estimate of drug-likeness (QED) is 0.605. The van der Waals surface area contributed by atoms with Crippen LogP contribution in [0.15, 0.2) is 0 Å². The lowest BCUT2D eigenvalue weighted by Gasteiger charge is -2.26. The monoisotopic (exact) mass is 283 g/mol. The molecule has 2 rings (SSSR count). The third-order valence-corrected chi connectivity index (χ3v) is 4.54. The number of ether oxygens (including phenoxy) is 1. The van der Waals surface area contributed by atoms with Crippen molar-refractivity contribution in [3.05, 3.63) is 0 Å². The van der Waals surface area contributed by atoms with Gasteiger partial charge in [0.1, 0.15) is 5.54 Å². The smallest absolute Gasteiger partial charge is 0.324 e. The molecule has 0 aromatic rings. The molecule has 2 fully saturated rings. The number of unbranched alkanes of at least 4 members (excludes halogenated alkanes) is 4. The molecule has 2 atom stereocenters. The minimum absolute atomic E-state index is 0.128. The van der Waals surface area contributed by atoms with E-state index in [1.807, 2.05) is 0 Å². The van der Waals surface area contributed by atoms with Gasteiger partial charge in [-0.05, 0) is 32.1 Å². The molecule has 0 heterocycles. The molecule has 116 valence electrons. The fourth-order valence-electron chi connectivity index (χ4n) is 3.10. The predicted molar refractivity (Wildman–Crippen MR) is 78.9 cm³/mol. The minimum atomic E-state index is -0.714. The van der Waals surface area contributed by atoms with E-state index in [2.05, 4.69) is 12.2 Å². The predicted octanol–water partition coefficient (Wildman–Crippen LogP) is 3.10. The summed E-state index contributed by atoms with van der Waals surface area (Å²) in [4.78, 5) is 11.6.